The van der Waals surface area contributed by atoms with Crippen molar-refractivity contribution < 1.29 is 8.42 Å². The monoisotopic (exact) mass is 352 g/mol. The molecule has 0 saturated carbocycles. The van der Waals surface area contributed by atoms with E-state index >= 15 is 0 Å². The summed E-state index contributed by atoms with van der Waals surface area (Å²) in [4.78, 5) is 29.0. The Morgan fingerprint density at radius 3 is 2.58 bits per heavy atom. The van der Waals surface area contributed by atoms with E-state index in [1.54, 1.807) is 6.07 Å². The van der Waals surface area contributed by atoms with Crippen molar-refractivity contribution in [2.75, 3.05) is 27.2 Å². The van der Waals surface area contributed by atoms with Crippen LogP contribution in [0.4, 0.5) is 0 Å². The first-order valence-corrected chi connectivity index (χ1v) is 9.12. The molecule has 0 unspecified atom stereocenters. The standard InChI is InChI=1S/C15H20N4O4S/c1-4-18-8-7-11-10(9-18)5-6-12-13(11)19(15(21)14(20)16-12)24(22,23)17(2)3/h5-6H,4,7-9H2,1-3H3,(H,16,20). The number of rotatable bonds is 3. The van der Waals surface area contributed by atoms with Gasteiger partial charge in [-0.3, -0.25) is 14.5 Å². The number of aromatic nitrogens is 2. The van der Waals surface area contributed by atoms with Gasteiger partial charge in [-0.25, -0.2) is 0 Å². The summed E-state index contributed by atoms with van der Waals surface area (Å²) in [5.41, 5.74) is 0.386. The molecule has 1 aliphatic rings. The molecule has 1 aromatic heterocycles. The molecular formula is C15H20N4O4S. The average Bonchev–Trinajstić information content (AvgIpc) is 2.55. The van der Waals surface area contributed by atoms with Crippen LogP contribution in [-0.2, 0) is 23.2 Å². The van der Waals surface area contributed by atoms with Crippen LogP contribution in [0.2, 0.25) is 0 Å². The second-order valence-electron chi connectivity index (χ2n) is 6.03. The van der Waals surface area contributed by atoms with Gasteiger partial charge in [0.1, 0.15) is 0 Å². The lowest BCUT2D eigenvalue weighted by Crippen LogP contribution is -2.44. The van der Waals surface area contributed by atoms with E-state index in [1.807, 2.05) is 6.07 Å². The maximum Gasteiger partial charge on any atom is 0.331 e. The van der Waals surface area contributed by atoms with Gasteiger partial charge < -0.3 is 4.98 Å². The highest BCUT2D eigenvalue weighted by molar-refractivity contribution is 7.87. The number of benzene rings is 1. The summed E-state index contributed by atoms with van der Waals surface area (Å²) in [6.07, 6.45) is 0.620. The first-order valence-electron chi connectivity index (χ1n) is 7.72. The number of H-pyrrole nitrogens is 1. The second-order valence-corrected chi connectivity index (χ2v) is 8.02. The number of aromatic amines is 1. The van der Waals surface area contributed by atoms with Crippen molar-refractivity contribution in [3.63, 3.8) is 0 Å². The fraction of sp³-hybridized carbons (Fsp3) is 0.467. The smallest absolute Gasteiger partial charge is 0.316 e. The zero-order chi connectivity index (χ0) is 17.6. The van der Waals surface area contributed by atoms with Crippen LogP contribution < -0.4 is 11.1 Å². The van der Waals surface area contributed by atoms with Gasteiger partial charge in [0.05, 0.1) is 11.0 Å². The molecule has 0 amide bonds. The van der Waals surface area contributed by atoms with Gasteiger partial charge in [0.2, 0.25) is 0 Å². The lowest BCUT2D eigenvalue weighted by molar-refractivity contribution is 0.268. The summed E-state index contributed by atoms with van der Waals surface area (Å²) in [6.45, 7) is 4.43. The fourth-order valence-corrected chi connectivity index (χ4v) is 4.11. The normalized spacial score (nSPS) is 15.8. The minimum absolute atomic E-state index is 0.279. The van der Waals surface area contributed by atoms with Crippen LogP contribution in [0.25, 0.3) is 11.0 Å². The largest absolute Gasteiger partial charge is 0.331 e. The topological polar surface area (TPSA) is 95.5 Å². The SMILES string of the molecule is CCN1CCc2c(ccc3[nH]c(=O)c(=O)n(S(=O)(=O)N(C)C)c23)C1. The Bertz CT molecular complexity index is 1020. The molecule has 130 valence electrons. The average molecular weight is 352 g/mol. The molecule has 8 nitrogen and oxygen atoms in total. The number of nitrogens with zero attached hydrogens (tertiary/aromatic N) is 3. The third kappa shape index (κ3) is 2.48. The van der Waals surface area contributed by atoms with E-state index < -0.39 is 21.3 Å². The quantitative estimate of drug-likeness (QED) is 0.767. The molecule has 1 aliphatic heterocycles. The van der Waals surface area contributed by atoms with Crippen molar-refractivity contribution in [2.24, 2.45) is 0 Å². The van der Waals surface area contributed by atoms with E-state index in [4.69, 9.17) is 0 Å². The molecule has 0 fully saturated rings. The highest BCUT2D eigenvalue weighted by atomic mass is 32.2. The molecule has 0 spiro atoms. The van der Waals surface area contributed by atoms with Gasteiger partial charge >= 0.3 is 21.3 Å². The number of fused-ring (bicyclic) bond motifs is 3. The van der Waals surface area contributed by atoms with Crippen LogP contribution >= 0.6 is 0 Å². The van der Waals surface area contributed by atoms with Gasteiger partial charge in [0, 0.05) is 27.2 Å². The van der Waals surface area contributed by atoms with Gasteiger partial charge in [-0.05, 0) is 30.2 Å². The van der Waals surface area contributed by atoms with Crippen molar-refractivity contribution in [3.05, 3.63) is 44.0 Å². The van der Waals surface area contributed by atoms with Gasteiger partial charge in [-0.15, -0.1) is 0 Å². The molecule has 0 bridgehead atoms. The van der Waals surface area contributed by atoms with Crippen LogP contribution in [-0.4, -0.2) is 53.8 Å². The maximum absolute atomic E-state index is 12.7. The van der Waals surface area contributed by atoms with Gasteiger partial charge in [-0.2, -0.15) is 16.7 Å². The maximum atomic E-state index is 12.7. The van der Waals surface area contributed by atoms with E-state index in [1.165, 1.54) is 14.1 Å². The third-order valence-corrected chi connectivity index (χ3v) is 6.15. The Morgan fingerprint density at radius 2 is 1.96 bits per heavy atom. The molecule has 2 heterocycles. The Morgan fingerprint density at radius 1 is 1.25 bits per heavy atom. The van der Waals surface area contributed by atoms with E-state index in [0.717, 1.165) is 28.5 Å². The Kier molecular flexibility index (Phi) is 4.10. The first-order chi connectivity index (χ1) is 11.3. The minimum atomic E-state index is -4.11. The molecule has 0 atom stereocenters. The van der Waals surface area contributed by atoms with E-state index in [0.29, 0.717) is 22.5 Å². The summed E-state index contributed by atoms with van der Waals surface area (Å²) in [7, 11) is -1.43. The predicted molar refractivity (Wildman–Crippen MR) is 91.5 cm³/mol. The number of hydrogen-bond donors (Lipinski definition) is 1. The Hall–Kier alpha value is -1.97. The predicted octanol–water partition coefficient (Wildman–Crippen LogP) is -0.278. The minimum Gasteiger partial charge on any atom is -0.316 e. The van der Waals surface area contributed by atoms with E-state index in [2.05, 4.69) is 16.8 Å². The van der Waals surface area contributed by atoms with Crippen LogP contribution in [0.5, 0.6) is 0 Å². The molecule has 0 saturated heterocycles. The van der Waals surface area contributed by atoms with Crippen molar-refractivity contribution in [2.45, 2.75) is 19.9 Å². The molecule has 0 aliphatic carbocycles. The summed E-state index contributed by atoms with van der Waals surface area (Å²) >= 11 is 0. The van der Waals surface area contributed by atoms with Gasteiger partial charge in [0.15, 0.2) is 0 Å². The molecule has 24 heavy (non-hydrogen) atoms. The number of nitrogens with one attached hydrogen (secondary N) is 1. The first kappa shape index (κ1) is 16.9. The van der Waals surface area contributed by atoms with Crippen molar-refractivity contribution in [3.8, 4) is 0 Å². The molecule has 0 radical (unpaired) electrons. The van der Waals surface area contributed by atoms with Crippen molar-refractivity contribution >= 4 is 21.2 Å². The highest BCUT2D eigenvalue weighted by Crippen LogP contribution is 2.26. The number of hydrogen-bond acceptors (Lipinski definition) is 5. The Balaban J connectivity index is 2.44. The molecule has 3 rings (SSSR count). The Labute approximate surface area is 139 Å². The summed E-state index contributed by atoms with van der Waals surface area (Å²) in [6, 6.07) is 3.54. The fourth-order valence-electron chi connectivity index (χ4n) is 3.05. The molecule has 1 N–H and O–H groups in total. The lowest BCUT2D eigenvalue weighted by Gasteiger charge is -2.29. The molecule has 1 aromatic carbocycles. The lowest BCUT2D eigenvalue weighted by atomic mass is 9.98. The van der Waals surface area contributed by atoms with Crippen LogP contribution in [0.1, 0.15) is 18.1 Å². The van der Waals surface area contributed by atoms with Crippen LogP contribution in [0.15, 0.2) is 21.7 Å². The third-order valence-electron chi connectivity index (χ3n) is 4.42. The van der Waals surface area contributed by atoms with Crippen LogP contribution in [0, 0.1) is 0 Å². The van der Waals surface area contributed by atoms with Crippen molar-refractivity contribution in [1.29, 1.82) is 0 Å². The summed E-state index contributed by atoms with van der Waals surface area (Å²) < 4.78 is 26.9. The molecule has 2 aromatic rings. The van der Waals surface area contributed by atoms with Crippen LogP contribution in [0.3, 0.4) is 0 Å². The zero-order valence-corrected chi connectivity index (χ0v) is 14.7. The summed E-state index contributed by atoms with van der Waals surface area (Å²) in [5.74, 6) is 0. The van der Waals surface area contributed by atoms with Gasteiger partial charge in [-0.1, -0.05) is 13.0 Å². The van der Waals surface area contributed by atoms with E-state index in [-0.39, 0.29) is 5.52 Å². The molecular weight excluding hydrogens is 332 g/mol. The molecule has 9 heteroatoms. The van der Waals surface area contributed by atoms with Crippen molar-refractivity contribution in [1.82, 2.24) is 18.2 Å². The summed E-state index contributed by atoms with van der Waals surface area (Å²) in [5, 5.41) is 0. The van der Waals surface area contributed by atoms with Gasteiger partial charge in [0.25, 0.3) is 0 Å². The zero-order valence-electron chi connectivity index (χ0n) is 13.9. The number of likely N-dealkylation sites (N-methyl/N-ethyl adjacent to an activating group) is 1. The second kappa shape index (κ2) is 5.83. The highest BCUT2D eigenvalue weighted by Gasteiger charge is 2.27. The van der Waals surface area contributed by atoms with E-state index in [9.17, 15) is 18.0 Å².